The second-order valence-electron chi connectivity index (χ2n) is 7.00. The Hall–Kier alpha value is -2.80. The molecule has 164 valence electrons. The number of aromatic nitrogens is 4. The quantitative estimate of drug-likeness (QED) is 0.206. The smallest absolute Gasteiger partial charge is 0.402 e. The first-order valence-electron chi connectivity index (χ1n) is 9.73. The molecule has 0 aliphatic heterocycles. The summed E-state index contributed by atoms with van der Waals surface area (Å²) in [6, 6.07) is 15.4. The molecule has 2 aromatic carbocycles. The summed E-state index contributed by atoms with van der Waals surface area (Å²) in [6.45, 7) is 1.71. The summed E-state index contributed by atoms with van der Waals surface area (Å²) >= 11 is 0. The predicted molar refractivity (Wildman–Crippen MR) is 115 cm³/mol. The molecule has 0 saturated carbocycles. The molecular formula is C20H25BN4O6. The van der Waals surface area contributed by atoms with Crippen molar-refractivity contribution in [2.75, 3.05) is 13.2 Å². The molecule has 0 amide bonds. The van der Waals surface area contributed by atoms with E-state index in [1.807, 2.05) is 48.5 Å². The first kappa shape index (κ1) is 22.9. The third-order valence-electron chi connectivity index (χ3n) is 4.60. The molecule has 7 N–H and O–H groups in total. The summed E-state index contributed by atoms with van der Waals surface area (Å²) in [5.74, 6) is 0.710. The Labute approximate surface area is 178 Å². The number of imidazole rings is 2. The first-order chi connectivity index (χ1) is 14.9. The number of H-pyrrole nitrogens is 2. The number of rotatable bonds is 7. The molecule has 0 spiro atoms. The molecule has 0 saturated heterocycles. The SMILES string of the molecule is CC(CO)OCC(O)C(c1nc2ccccc2[nH]1)c1nc2ccccc2[nH]1.OB(O)O. The van der Waals surface area contributed by atoms with Gasteiger partial charge in [0.15, 0.2) is 0 Å². The van der Waals surface area contributed by atoms with E-state index < -0.39 is 19.3 Å². The summed E-state index contributed by atoms with van der Waals surface area (Å²) in [7, 11) is -2.17. The summed E-state index contributed by atoms with van der Waals surface area (Å²) in [5, 5.41) is 41.6. The van der Waals surface area contributed by atoms with Crippen LogP contribution < -0.4 is 0 Å². The summed E-state index contributed by atoms with van der Waals surface area (Å²) in [6.07, 6.45) is -1.24. The minimum atomic E-state index is -2.17. The third kappa shape index (κ3) is 5.88. The van der Waals surface area contributed by atoms with E-state index in [9.17, 15) is 5.11 Å². The highest BCUT2D eigenvalue weighted by molar-refractivity contribution is 6.30. The number of nitrogens with one attached hydrogen (secondary N) is 2. The topological polar surface area (TPSA) is 168 Å². The van der Waals surface area contributed by atoms with Gasteiger partial charge >= 0.3 is 7.32 Å². The van der Waals surface area contributed by atoms with Gasteiger partial charge in [0.1, 0.15) is 17.6 Å². The van der Waals surface area contributed by atoms with Gasteiger partial charge in [-0.2, -0.15) is 0 Å². The highest BCUT2D eigenvalue weighted by Crippen LogP contribution is 2.28. The zero-order valence-electron chi connectivity index (χ0n) is 16.9. The molecule has 2 atom stereocenters. The van der Waals surface area contributed by atoms with Crippen LogP contribution in [0.4, 0.5) is 0 Å². The third-order valence-corrected chi connectivity index (χ3v) is 4.60. The van der Waals surface area contributed by atoms with Crippen molar-refractivity contribution in [2.24, 2.45) is 0 Å². The number of aromatic amines is 2. The molecule has 10 nitrogen and oxygen atoms in total. The maximum absolute atomic E-state index is 10.9. The zero-order valence-corrected chi connectivity index (χ0v) is 16.9. The lowest BCUT2D eigenvalue weighted by Crippen LogP contribution is -2.29. The zero-order chi connectivity index (χ0) is 22.4. The van der Waals surface area contributed by atoms with Crippen LogP contribution in [0.1, 0.15) is 24.5 Å². The van der Waals surface area contributed by atoms with Crippen LogP contribution >= 0.6 is 0 Å². The Balaban J connectivity index is 0.000000628. The number of fused-ring (bicyclic) bond motifs is 2. The van der Waals surface area contributed by atoms with Crippen LogP contribution in [-0.2, 0) is 4.74 Å². The number of hydrogen-bond donors (Lipinski definition) is 7. The molecule has 0 aliphatic rings. The van der Waals surface area contributed by atoms with Crippen LogP contribution in [0.3, 0.4) is 0 Å². The number of aliphatic hydroxyl groups is 2. The Morgan fingerprint density at radius 2 is 1.35 bits per heavy atom. The maximum Gasteiger partial charge on any atom is 0.631 e. The van der Waals surface area contributed by atoms with Gasteiger partial charge in [0.05, 0.1) is 47.5 Å². The number of para-hydroxylation sites is 4. The van der Waals surface area contributed by atoms with E-state index in [2.05, 4.69) is 19.9 Å². The van der Waals surface area contributed by atoms with Crippen molar-refractivity contribution >= 4 is 29.4 Å². The van der Waals surface area contributed by atoms with E-state index in [0.717, 1.165) is 22.1 Å². The Morgan fingerprint density at radius 1 is 0.903 bits per heavy atom. The Kier molecular flexibility index (Phi) is 7.74. The summed E-state index contributed by atoms with van der Waals surface area (Å²) < 4.78 is 5.54. The van der Waals surface area contributed by atoms with Crippen molar-refractivity contribution in [1.82, 2.24) is 19.9 Å². The van der Waals surface area contributed by atoms with Crippen molar-refractivity contribution in [3.8, 4) is 0 Å². The number of nitrogens with zero attached hydrogens (tertiary/aromatic N) is 2. The Morgan fingerprint density at radius 3 is 1.77 bits per heavy atom. The largest absolute Gasteiger partial charge is 0.631 e. The highest BCUT2D eigenvalue weighted by atomic mass is 16.5. The predicted octanol–water partition coefficient (Wildman–Crippen LogP) is 0.278. The number of benzene rings is 2. The Bertz CT molecular complexity index is 959. The van der Waals surface area contributed by atoms with Crippen LogP contribution in [0.2, 0.25) is 0 Å². The van der Waals surface area contributed by atoms with Gasteiger partial charge in [0.25, 0.3) is 0 Å². The van der Waals surface area contributed by atoms with Crippen LogP contribution in [0.15, 0.2) is 48.5 Å². The van der Waals surface area contributed by atoms with Crippen LogP contribution in [0, 0.1) is 0 Å². The lowest BCUT2D eigenvalue weighted by Gasteiger charge is -2.21. The first-order valence-corrected chi connectivity index (χ1v) is 9.73. The second kappa shape index (κ2) is 10.5. The van der Waals surface area contributed by atoms with E-state index in [0.29, 0.717) is 11.6 Å². The van der Waals surface area contributed by atoms with Crippen molar-refractivity contribution in [2.45, 2.75) is 25.0 Å². The van der Waals surface area contributed by atoms with Crippen molar-refractivity contribution in [3.05, 3.63) is 60.2 Å². The van der Waals surface area contributed by atoms with Crippen molar-refractivity contribution in [1.29, 1.82) is 0 Å². The van der Waals surface area contributed by atoms with Crippen LogP contribution in [0.5, 0.6) is 0 Å². The molecule has 0 bridgehead atoms. The lowest BCUT2D eigenvalue weighted by molar-refractivity contribution is -0.0288. The van der Waals surface area contributed by atoms with Gasteiger partial charge in [-0.05, 0) is 31.2 Å². The van der Waals surface area contributed by atoms with E-state index in [1.165, 1.54) is 0 Å². The van der Waals surface area contributed by atoms with Crippen LogP contribution in [-0.4, -0.2) is 78.0 Å². The molecule has 31 heavy (non-hydrogen) atoms. The lowest BCUT2D eigenvalue weighted by atomic mass is 10.0. The van der Waals surface area contributed by atoms with Gasteiger partial charge in [0, 0.05) is 0 Å². The van der Waals surface area contributed by atoms with Gasteiger partial charge in [-0.15, -0.1) is 0 Å². The van der Waals surface area contributed by atoms with Crippen molar-refractivity contribution < 1.29 is 30.0 Å². The van der Waals surface area contributed by atoms with Gasteiger partial charge in [-0.1, -0.05) is 24.3 Å². The molecule has 0 radical (unpaired) electrons. The molecule has 11 heteroatoms. The normalized spacial score (nSPS) is 13.3. The molecular weight excluding hydrogens is 403 g/mol. The van der Waals surface area contributed by atoms with Gasteiger partial charge in [0.2, 0.25) is 0 Å². The average Bonchev–Trinajstić information content (AvgIpc) is 3.35. The fourth-order valence-electron chi connectivity index (χ4n) is 3.15. The number of aliphatic hydroxyl groups excluding tert-OH is 2. The second-order valence-corrected chi connectivity index (χ2v) is 7.00. The highest BCUT2D eigenvalue weighted by Gasteiger charge is 2.30. The maximum atomic E-state index is 10.9. The molecule has 4 rings (SSSR count). The fourth-order valence-corrected chi connectivity index (χ4v) is 3.15. The van der Waals surface area contributed by atoms with Crippen LogP contribution in [0.25, 0.3) is 22.1 Å². The van der Waals surface area contributed by atoms with E-state index in [1.54, 1.807) is 6.92 Å². The minimum Gasteiger partial charge on any atom is -0.402 e. The molecule has 4 aromatic rings. The summed E-state index contributed by atoms with van der Waals surface area (Å²) in [5.41, 5.74) is 3.44. The van der Waals surface area contributed by atoms with E-state index in [4.69, 9.17) is 24.9 Å². The number of ether oxygens (including phenoxy) is 1. The standard InChI is InChI=1S/C20H22N4O3.BH3O3/c1-12(10-25)27-11-17(26)18(19-21-13-6-2-3-7-14(13)22-19)20-23-15-8-4-5-9-16(15)24-20;2-1(3)4/h2-9,12,17-18,25-26H,10-11H2,1H3,(H,21,22)(H,23,24);2-4H. The monoisotopic (exact) mass is 428 g/mol. The van der Waals surface area contributed by atoms with Gasteiger partial charge < -0.3 is 40.0 Å². The van der Waals surface area contributed by atoms with E-state index in [-0.39, 0.29) is 19.3 Å². The molecule has 0 fully saturated rings. The molecule has 2 unspecified atom stereocenters. The van der Waals surface area contributed by atoms with Crippen molar-refractivity contribution in [3.63, 3.8) is 0 Å². The van der Waals surface area contributed by atoms with Gasteiger partial charge in [-0.3, -0.25) is 0 Å². The summed E-state index contributed by atoms with van der Waals surface area (Å²) in [4.78, 5) is 15.9. The number of hydrogen-bond acceptors (Lipinski definition) is 8. The molecule has 2 aromatic heterocycles. The molecule has 2 heterocycles. The van der Waals surface area contributed by atoms with Gasteiger partial charge in [-0.25, -0.2) is 9.97 Å². The minimum absolute atomic E-state index is 0.0560. The fraction of sp³-hybridized carbons (Fsp3) is 0.300. The molecule has 0 aliphatic carbocycles. The van der Waals surface area contributed by atoms with E-state index >= 15 is 0 Å². The average molecular weight is 428 g/mol.